The first-order valence-electron chi connectivity index (χ1n) is 8.51. The van der Waals surface area contributed by atoms with Crippen LogP contribution in [0.25, 0.3) is 11.0 Å². The van der Waals surface area contributed by atoms with E-state index >= 15 is 0 Å². The monoisotopic (exact) mass is 336 g/mol. The van der Waals surface area contributed by atoms with Gasteiger partial charge in [0.2, 0.25) is 5.91 Å². The molecule has 4 rings (SSSR count). The highest BCUT2D eigenvalue weighted by Crippen LogP contribution is 2.35. The second-order valence-corrected chi connectivity index (χ2v) is 6.44. The molecule has 1 aromatic heterocycles. The fourth-order valence-corrected chi connectivity index (χ4v) is 3.61. The van der Waals surface area contributed by atoms with Crippen molar-refractivity contribution in [3.05, 3.63) is 60.2 Å². The predicted molar refractivity (Wildman–Crippen MR) is 93.5 cm³/mol. The average Bonchev–Trinajstić information content (AvgIpc) is 3.24. The highest BCUT2D eigenvalue weighted by atomic mass is 16.3. The van der Waals surface area contributed by atoms with Crippen molar-refractivity contribution in [2.45, 2.75) is 38.1 Å². The van der Waals surface area contributed by atoms with Crippen LogP contribution in [0, 0.1) is 0 Å². The number of fused-ring (bicyclic) bond motifs is 1. The minimum Gasteiger partial charge on any atom is -0.386 e. The number of benzene rings is 2. The first-order valence-corrected chi connectivity index (χ1v) is 8.51. The molecule has 0 radical (unpaired) electrons. The van der Waals surface area contributed by atoms with E-state index in [0.29, 0.717) is 12.8 Å². The van der Waals surface area contributed by atoms with Crippen molar-refractivity contribution >= 4 is 16.9 Å². The number of aromatic nitrogens is 3. The van der Waals surface area contributed by atoms with Crippen molar-refractivity contribution in [2.75, 3.05) is 0 Å². The van der Waals surface area contributed by atoms with Crippen LogP contribution in [0.2, 0.25) is 0 Å². The van der Waals surface area contributed by atoms with Gasteiger partial charge in [-0.15, -0.1) is 5.10 Å². The number of amides is 1. The van der Waals surface area contributed by atoms with E-state index in [0.717, 1.165) is 16.6 Å². The van der Waals surface area contributed by atoms with Gasteiger partial charge in [-0.1, -0.05) is 47.7 Å². The molecular formula is C19H20N4O2. The van der Waals surface area contributed by atoms with Gasteiger partial charge in [0.25, 0.3) is 0 Å². The molecule has 1 N–H and O–H groups in total. The Morgan fingerprint density at radius 1 is 1.12 bits per heavy atom. The van der Waals surface area contributed by atoms with Gasteiger partial charge in [0.05, 0.1) is 17.7 Å². The van der Waals surface area contributed by atoms with Crippen LogP contribution in [-0.2, 0) is 4.79 Å². The Morgan fingerprint density at radius 2 is 1.84 bits per heavy atom. The number of hydrogen-bond donors (Lipinski definition) is 1. The smallest absolute Gasteiger partial charge is 0.224 e. The number of nitrogens with zero attached hydrogens (tertiary/aromatic N) is 4. The highest BCUT2D eigenvalue weighted by molar-refractivity contribution is 5.80. The number of likely N-dealkylation sites (tertiary alicyclic amines) is 1. The van der Waals surface area contributed by atoms with Crippen molar-refractivity contribution in [3.63, 3.8) is 0 Å². The molecule has 0 aliphatic carbocycles. The third kappa shape index (κ3) is 2.68. The number of hydrogen-bond acceptors (Lipinski definition) is 4. The minimum absolute atomic E-state index is 0.0343. The molecular weight excluding hydrogens is 316 g/mol. The van der Waals surface area contributed by atoms with E-state index in [9.17, 15) is 9.90 Å². The fourth-order valence-electron chi connectivity index (χ4n) is 3.61. The average molecular weight is 336 g/mol. The molecule has 2 aromatic carbocycles. The summed E-state index contributed by atoms with van der Waals surface area (Å²) in [5, 5.41) is 19.2. The van der Waals surface area contributed by atoms with E-state index in [2.05, 4.69) is 10.3 Å². The normalized spacial score (nSPS) is 20.2. The van der Waals surface area contributed by atoms with Gasteiger partial charge in [0.1, 0.15) is 11.7 Å². The van der Waals surface area contributed by atoms with Gasteiger partial charge in [-0.25, -0.2) is 4.68 Å². The molecule has 1 amide bonds. The van der Waals surface area contributed by atoms with Crippen LogP contribution in [0.3, 0.4) is 0 Å². The first-order chi connectivity index (χ1) is 12.2. The molecule has 3 atom stereocenters. The largest absolute Gasteiger partial charge is 0.386 e. The van der Waals surface area contributed by atoms with Crippen molar-refractivity contribution in [3.8, 4) is 0 Å². The second-order valence-electron chi connectivity index (χ2n) is 6.44. The van der Waals surface area contributed by atoms with E-state index in [1.165, 1.54) is 0 Å². The van der Waals surface area contributed by atoms with Crippen LogP contribution >= 0.6 is 0 Å². The van der Waals surface area contributed by atoms with Crippen molar-refractivity contribution in [1.29, 1.82) is 0 Å². The molecule has 2 heterocycles. The van der Waals surface area contributed by atoms with Crippen LogP contribution < -0.4 is 0 Å². The number of aliphatic hydroxyl groups is 1. The molecule has 1 saturated heterocycles. The Balaban J connectivity index is 1.68. The Bertz CT molecular complexity index is 893. The predicted octanol–water partition coefficient (Wildman–Crippen LogP) is 2.67. The summed E-state index contributed by atoms with van der Waals surface area (Å²) < 4.78 is 1.80. The maximum Gasteiger partial charge on any atom is 0.224 e. The lowest BCUT2D eigenvalue weighted by molar-refractivity contribution is -0.135. The van der Waals surface area contributed by atoms with E-state index < -0.39 is 6.10 Å². The summed E-state index contributed by atoms with van der Waals surface area (Å²) >= 11 is 0. The number of para-hydroxylation sites is 1. The Hall–Kier alpha value is -2.73. The zero-order chi connectivity index (χ0) is 17.4. The van der Waals surface area contributed by atoms with Gasteiger partial charge < -0.3 is 10.0 Å². The van der Waals surface area contributed by atoms with Gasteiger partial charge in [-0.2, -0.15) is 0 Å². The molecule has 1 fully saturated rings. The van der Waals surface area contributed by atoms with Crippen molar-refractivity contribution < 1.29 is 9.90 Å². The Kier molecular flexibility index (Phi) is 3.97. The molecule has 128 valence electrons. The quantitative estimate of drug-likeness (QED) is 0.795. The maximum atomic E-state index is 12.5. The molecule has 0 saturated carbocycles. The summed E-state index contributed by atoms with van der Waals surface area (Å²) in [5.74, 6) is 0.0343. The summed E-state index contributed by atoms with van der Waals surface area (Å²) in [6, 6.07) is 16.8. The molecule has 1 aliphatic heterocycles. The van der Waals surface area contributed by atoms with Gasteiger partial charge in [-0.3, -0.25) is 4.79 Å². The summed E-state index contributed by atoms with van der Waals surface area (Å²) in [5.41, 5.74) is 2.50. The lowest BCUT2D eigenvalue weighted by Gasteiger charge is -2.34. The molecule has 0 bridgehead atoms. The van der Waals surface area contributed by atoms with Crippen molar-refractivity contribution in [1.82, 2.24) is 19.9 Å². The Morgan fingerprint density at radius 3 is 2.64 bits per heavy atom. The van der Waals surface area contributed by atoms with E-state index in [4.69, 9.17) is 0 Å². The van der Waals surface area contributed by atoms with E-state index in [1.54, 1.807) is 9.58 Å². The molecule has 3 aromatic rings. The van der Waals surface area contributed by atoms with Gasteiger partial charge in [0.15, 0.2) is 0 Å². The molecule has 6 nitrogen and oxygen atoms in total. The molecule has 6 heteroatoms. The maximum absolute atomic E-state index is 12.5. The third-order valence-corrected chi connectivity index (χ3v) is 4.92. The van der Waals surface area contributed by atoms with Crippen LogP contribution in [0.1, 0.15) is 37.6 Å². The minimum atomic E-state index is -0.750. The summed E-state index contributed by atoms with van der Waals surface area (Å²) in [4.78, 5) is 14.3. The van der Waals surface area contributed by atoms with Crippen molar-refractivity contribution in [2.24, 2.45) is 0 Å². The fraction of sp³-hybridized carbons (Fsp3) is 0.316. The number of carbonyl (C=O) groups is 1. The zero-order valence-corrected chi connectivity index (χ0v) is 14.0. The summed E-state index contributed by atoms with van der Waals surface area (Å²) in [6.07, 6.45) is 0.136. The second kappa shape index (κ2) is 6.29. The number of rotatable bonds is 4. The molecule has 0 spiro atoms. The molecule has 25 heavy (non-hydrogen) atoms. The lowest BCUT2D eigenvalue weighted by Crippen LogP contribution is -2.42. The molecule has 1 unspecified atom stereocenters. The van der Waals surface area contributed by atoms with E-state index in [1.807, 2.05) is 61.5 Å². The van der Waals surface area contributed by atoms with Crippen LogP contribution in [0.5, 0.6) is 0 Å². The first kappa shape index (κ1) is 15.8. The summed E-state index contributed by atoms with van der Waals surface area (Å²) in [7, 11) is 0. The highest BCUT2D eigenvalue weighted by Gasteiger charge is 2.39. The Labute approximate surface area is 145 Å². The van der Waals surface area contributed by atoms with Gasteiger partial charge >= 0.3 is 0 Å². The van der Waals surface area contributed by atoms with Crippen LogP contribution in [-0.4, -0.2) is 36.9 Å². The SMILES string of the molecule is C[C@H]([C@@H](O)c1ccccc1)N1C(=O)CCC1n1nnc2ccccc21. The topological polar surface area (TPSA) is 71.2 Å². The van der Waals surface area contributed by atoms with Gasteiger partial charge in [-0.05, 0) is 31.0 Å². The standard InChI is InChI=1S/C19H20N4O2/c1-13(19(25)14-7-3-2-4-8-14)22-17(11-12-18(22)24)23-16-10-6-5-9-15(16)20-21-23/h2-10,13,17,19,25H,11-12H2,1H3/t13-,17?,19-/m1/s1. The number of aliphatic hydroxyl groups excluding tert-OH is 1. The van der Waals surface area contributed by atoms with Gasteiger partial charge in [0, 0.05) is 6.42 Å². The van der Waals surface area contributed by atoms with Crippen LogP contribution in [0.15, 0.2) is 54.6 Å². The van der Waals surface area contributed by atoms with E-state index in [-0.39, 0.29) is 18.1 Å². The lowest BCUT2D eigenvalue weighted by atomic mass is 10.0. The third-order valence-electron chi connectivity index (χ3n) is 4.92. The zero-order valence-electron chi connectivity index (χ0n) is 14.0. The summed E-state index contributed by atoms with van der Waals surface area (Å²) in [6.45, 7) is 1.88. The molecule has 1 aliphatic rings. The van der Waals surface area contributed by atoms with Crippen LogP contribution in [0.4, 0.5) is 0 Å². The number of carbonyl (C=O) groups excluding carboxylic acids is 1.